The lowest BCUT2D eigenvalue weighted by Gasteiger charge is -2.43. The first kappa shape index (κ1) is 24.6. The number of pyridine rings is 1. The van der Waals surface area contributed by atoms with Gasteiger partial charge in [-0.2, -0.15) is 8.78 Å². The van der Waals surface area contributed by atoms with Crippen LogP contribution in [0.4, 0.5) is 14.5 Å². The molecule has 0 radical (unpaired) electrons. The maximum Gasteiger partial charge on any atom is 0.286 e. The summed E-state index contributed by atoms with van der Waals surface area (Å²) >= 11 is 0. The van der Waals surface area contributed by atoms with Crippen LogP contribution in [0.5, 0.6) is 0 Å². The highest BCUT2D eigenvalue weighted by Gasteiger charge is 2.34. The number of nitrogens with one attached hydrogen (secondary N) is 1. The van der Waals surface area contributed by atoms with Crippen molar-refractivity contribution < 1.29 is 23.4 Å². The van der Waals surface area contributed by atoms with E-state index in [1.54, 1.807) is 24.3 Å². The Morgan fingerprint density at radius 1 is 1.34 bits per heavy atom. The van der Waals surface area contributed by atoms with E-state index in [9.17, 15) is 18.7 Å². The molecule has 0 bridgehead atoms. The van der Waals surface area contributed by atoms with E-state index < -0.39 is 23.6 Å². The summed E-state index contributed by atoms with van der Waals surface area (Å²) in [5, 5.41) is 13.1. The second kappa shape index (κ2) is 9.63. The van der Waals surface area contributed by atoms with Gasteiger partial charge in [0.05, 0.1) is 36.8 Å². The van der Waals surface area contributed by atoms with Crippen molar-refractivity contribution in [3.05, 3.63) is 76.4 Å². The third-order valence-electron chi connectivity index (χ3n) is 6.26. The first-order valence-corrected chi connectivity index (χ1v) is 11.3. The molecule has 2 unspecified atom stereocenters. The van der Waals surface area contributed by atoms with Gasteiger partial charge in [0.15, 0.2) is 0 Å². The van der Waals surface area contributed by atoms with E-state index in [1.807, 2.05) is 6.92 Å². The SMILES string of the molecule is Cc1ccc(NC(=O)c2ccnc(C(C)(F)F)c2)cc1/C(N)=C/C1=C(N)C(O)CC2COCCN12. The first-order chi connectivity index (χ1) is 16.5. The van der Waals surface area contributed by atoms with Crippen molar-refractivity contribution >= 4 is 17.3 Å². The average molecular weight is 486 g/mol. The lowest BCUT2D eigenvalue weighted by Crippen LogP contribution is -2.51. The maximum absolute atomic E-state index is 13.6. The molecule has 6 N–H and O–H groups in total. The number of rotatable bonds is 5. The minimum atomic E-state index is -3.16. The molecule has 1 fully saturated rings. The number of aryl methyl sites for hydroxylation is 1. The summed E-state index contributed by atoms with van der Waals surface area (Å²) in [6, 6.07) is 7.67. The summed E-state index contributed by atoms with van der Waals surface area (Å²) in [7, 11) is 0. The van der Waals surface area contributed by atoms with Gasteiger partial charge in [0.2, 0.25) is 0 Å². The molecule has 1 aromatic heterocycles. The molecule has 0 aliphatic carbocycles. The molecule has 4 rings (SSSR count). The molecule has 2 aromatic rings. The fourth-order valence-electron chi connectivity index (χ4n) is 4.31. The molecule has 0 spiro atoms. The number of morpholine rings is 1. The van der Waals surface area contributed by atoms with Crippen LogP contribution < -0.4 is 16.8 Å². The Balaban J connectivity index is 1.60. The molecule has 0 saturated carbocycles. The standard InChI is InChI=1S/C25H29F2N5O3/c1-14-3-4-16(31-24(34)15-5-6-30-22(9-15)25(2,26)27)10-18(14)19(28)12-20-23(29)21(33)11-17-13-35-8-7-32(17)20/h3-6,9-10,12,17,21,33H,7-8,11,13,28-29H2,1-2H3,(H,31,34)/b19-12-. The van der Waals surface area contributed by atoms with Gasteiger partial charge in [0, 0.05) is 48.6 Å². The van der Waals surface area contributed by atoms with Crippen LogP contribution in [0.2, 0.25) is 0 Å². The van der Waals surface area contributed by atoms with Crippen molar-refractivity contribution in [3.63, 3.8) is 0 Å². The highest BCUT2D eigenvalue weighted by atomic mass is 19.3. The number of hydrogen-bond acceptors (Lipinski definition) is 7. The topological polar surface area (TPSA) is 127 Å². The van der Waals surface area contributed by atoms with Crippen molar-refractivity contribution in [1.29, 1.82) is 0 Å². The van der Waals surface area contributed by atoms with Gasteiger partial charge >= 0.3 is 0 Å². The van der Waals surface area contributed by atoms with Crippen LogP contribution in [0.25, 0.3) is 5.70 Å². The van der Waals surface area contributed by atoms with Crippen molar-refractivity contribution in [2.24, 2.45) is 11.5 Å². The first-order valence-electron chi connectivity index (χ1n) is 11.3. The molecule has 1 saturated heterocycles. The van der Waals surface area contributed by atoms with E-state index in [-0.39, 0.29) is 11.6 Å². The fraction of sp³-hybridized carbons (Fsp3) is 0.360. The van der Waals surface area contributed by atoms with Crippen LogP contribution >= 0.6 is 0 Å². The third kappa shape index (κ3) is 5.28. The number of fused-ring (bicyclic) bond motifs is 1. The summed E-state index contributed by atoms with van der Waals surface area (Å²) in [4.78, 5) is 18.5. The molecule has 35 heavy (non-hydrogen) atoms. The lowest BCUT2D eigenvalue weighted by atomic mass is 9.95. The molecular weight excluding hydrogens is 456 g/mol. The number of aliphatic hydroxyl groups excluding tert-OH is 1. The summed E-state index contributed by atoms with van der Waals surface area (Å²) in [6.45, 7) is 4.30. The summed E-state index contributed by atoms with van der Waals surface area (Å²) in [5.41, 5.74) is 15.7. The zero-order valence-corrected chi connectivity index (χ0v) is 19.6. The Morgan fingerprint density at radius 3 is 2.86 bits per heavy atom. The number of anilines is 1. The summed E-state index contributed by atoms with van der Waals surface area (Å²) < 4.78 is 32.8. The number of allylic oxidation sites excluding steroid dienone is 1. The minimum Gasteiger partial charge on any atom is -0.398 e. The minimum absolute atomic E-state index is 0.0116. The Bertz CT molecular complexity index is 1190. The number of ether oxygens (including phenoxy) is 1. The van der Waals surface area contributed by atoms with Gasteiger partial charge in [-0.25, -0.2) is 0 Å². The number of halogens is 2. The number of alkyl halides is 2. The predicted octanol–water partition coefficient (Wildman–Crippen LogP) is 2.69. The van der Waals surface area contributed by atoms with Gasteiger partial charge < -0.3 is 31.5 Å². The van der Waals surface area contributed by atoms with Crippen LogP contribution in [0.15, 0.2) is 54.0 Å². The van der Waals surface area contributed by atoms with Crippen LogP contribution in [0.1, 0.15) is 40.5 Å². The Kier molecular flexibility index (Phi) is 6.77. The van der Waals surface area contributed by atoms with E-state index >= 15 is 0 Å². The highest BCUT2D eigenvalue weighted by molar-refractivity contribution is 6.04. The van der Waals surface area contributed by atoms with Gasteiger partial charge in [-0.3, -0.25) is 9.78 Å². The smallest absolute Gasteiger partial charge is 0.286 e. The van der Waals surface area contributed by atoms with Gasteiger partial charge in [-0.15, -0.1) is 0 Å². The number of hydrogen-bond donors (Lipinski definition) is 4. The largest absolute Gasteiger partial charge is 0.398 e. The normalized spacial score (nSPS) is 21.1. The van der Waals surface area contributed by atoms with Crippen molar-refractivity contribution in [1.82, 2.24) is 9.88 Å². The summed E-state index contributed by atoms with van der Waals surface area (Å²) in [6.07, 6.45) is 2.62. The Labute approximate surface area is 202 Å². The quantitative estimate of drug-likeness (QED) is 0.513. The number of benzene rings is 1. The highest BCUT2D eigenvalue weighted by Crippen LogP contribution is 2.30. The molecule has 3 heterocycles. The molecule has 2 aliphatic rings. The van der Waals surface area contributed by atoms with Crippen LogP contribution in [0, 0.1) is 6.92 Å². The molecule has 8 nitrogen and oxygen atoms in total. The van der Waals surface area contributed by atoms with E-state index in [2.05, 4.69) is 15.2 Å². The Hall–Kier alpha value is -3.50. The number of amides is 1. The zero-order chi connectivity index (χ0) is 25.3. The molecule has 2 aliphatic heterocycles. The second-order valence-electron chi connectivity index (χ2n) is 8.92. The number of carbonyl (C=O) groups excluding carboxylic acids is 1. The van der Waals surface area contributed by atoms with Crippen LogP contribution in [-0.2, 0) is 10.7 Å². The van der Waals surface area contributed by atoms with Gasteiger partial charge in [-0.1, -0.05) is 6.07 Å². The number of carbonyl (C=O) groups is 1. The van der Waals surface area contributed by atoms with Gasteiger partial charge in [0.1, 0.15) is 5.69 Å². The van der Waals surface area contributed by atoms with Crippen molar-refractivity contribution in [2.75, 3.05) is 25.1 Å². The number of nitrogens with zero attached hydrogens (tertiary/aromatic N) is 2. The number of nitrogens with two attached hydrogens (primary N) is 2. The van der Waals surface area contributed by atoms with E-state index in [1.165, 1.54) is 12.3 Å². The Morgan fingerprint density at radius 2 is 2.11 bits per heavy atom. The lowest BCUT2D eigenvalue weighted by molar-refractivity contribution is -0.0149. The molecule has 186 valence electrons. The number of aliphatic hydroxyl groups is 1. The molecule has 10 heteroatoms. The fourth-order valence-corrected chi connectivity index (χ4v) is 4.31. The van der Waals surface area contributed by atoms with Crippen LogP contribution in [-0.4, -0.2) is 52.8 Å². The van der Waals surface area contributed by atoms with E-state index in [4.69, 9.17) is 16.2 Å². The van der Waals surface area contributed by atoms with Gasteiger partial charge in [0.25, 0.3) is 11.8 Å². The molecule has 1 aromatic carbocycles. The van der Waals surface area contributed by atoms with Crippen molar-refractivity contribution in [2.45, 2.75) is 38.3 Å². The van der Waals surface area contributed by atoms with E-state index in [0.717, 1.165) is 18.6 Å². The van der Waals surface area contributed by atoms with Crippen LogP contribution in [0.3, 0.4) is 0 Å². The maximum atomic E-state index is 13.6. The third-order valence-corrected chi connectivity index (χ3v) is 6.26. The zero-order valence-electron chi connectivity index (χ0n) is 19.6. The monoisotopic (exact) mass is 485 g/mol. The van der Waals surface area contributed by atoms with E-state index in [0.29, 0.717) is 54.5 Å². The van der Waals surface area contributed by atoms with Gasteiger partial charge in [-0.05, 0) is 42.8 Å². The molecular formula is C25H29F2N5O3. The average Bonchev–Trinajstić information content (AvgIpc) is 2.82. The van der Waals surface area contributed by atoms with Crippen molar-refractivity contribution in [3.8, 4) is 0 Å². The summed E-state index contributed by atoms with van der Waals surface area (Å²) in [5.74, 6) is -3.70. The number of aromatic nitrogens is 1. The predicted molar refractivity (Wildman–Crippen MR) is 128 cm³/mol. The molecule has 2 atom stereocenters. The second-order valence-corrected chi connectivity index (χ2v) is 8.92. The molecule has 1 amide bonds.